The zero-order valence-corrected chi connectivity index (χ0v) is 14.8. The highest BCUT2D eigenvalue weighted by Gasteiger charge is 2.16. The molecule has 0 radical (unpaired) electrons. The van der Waals surface area contributed by atoms with Crippen LogP contribution in [0.15, 0.2) is 54.7 Å². The number of benzene rings is 2. The Balaban J connectivity index is 1.70. The molecule has 1 heterocycles. The Morgan fingerprint density at radius 2 is 1.92 bits per heavy atom. The minimum atomic E-state index is -0.953. The third kappa shape index (κ3) is 3.78. The summed E-state index contributed by atoms with van der Waals surface area (Å²) in [5.41, 5.74) is 3.21. The van der Waals surface area contributed by atoms with Gasteiger partial charge in [0, 0.05) is 23.8 Å². The van der Waals surface area contributed by atoms with Crippen molar-refractivity contribution in [2.45, 2.75) is 32.5 Å². The normalized spacial score (nSPS) is 12.3. The third-order valence-corrected chi connectivity index (χ3v) is 4.59. The van der Waals surface area contributed by atoms with E-state index in [1.807, 2.05) is 60.5 Å². The summed E-state index contributed by atoms with van der Waals surface area (Å²) in [7, 11) is 1.68. The summed E-state index contributed by atoms with van der Waals surface area (Å²) in [5.74, 6) is 0.851. The molecule has 1 atom stereocenters. The number of aromatic nitrogens is 1. The number of alkyl halides is 1. The standard InChI is InChI=1S/C21H25FN2O/c1-3-20(22)24(17-10-5-4-6-11-17)14-8-9-16-15-23-21-18(16)12-7-13-19(21)25-2/h4-7,10-13,15,20,23H,3,8-9,14H2,1-2H3. The monoisotopic (exact) mass is 340 g/mol. The van der Waals surface area contributed by atoms with Gasteiger partial charge in [-0.2, -0.15) is 0 Å². The molecule has 0 fully saturated rings. The summed E-state index contributed by atoms with van der Waals surface area (Å²) in [6, 6.07) is 15.9. The maximum absolute atomic E-state index is 14.4. The smallest absolute Gasteiger partial charge is 0.172 e. The van der Waals surface area contributed by atoms with Crippen molar-refractivity contribution in [3.05, 3.63) is 60.3 Å². The first kappa shape index (κ1) is 17.3. The molecule has 3 aromatic rings. The highest BCUT2D eigenvalue weighted by Crippen LogP contribution is 2.28. The number of aryl methyl sites for hydroxylation is 1. The van der Waals surface area contributed by atoms with E-state index in [1.54, 1.807) is 7.11 Å². The molecule has 0 aliphatic rings. The van der Waals surface area contributed by atoms with Crippen molar-refractivity contribution in [1.29, 1.82) is 0 Å². The Morgan fingerprint density at radius 1 is 1.12 bits per heavy atom. The summed E-state index contributed by atoms with van der Waals surface area (Å²) < 4.78 is 19.8. The molecule has 1 N–H and O–H groups in total. The molecular weight excluding hydrogens is 315 g/mol. The van der Waals surface area contributed by atoms with Crippen molar-refractivity contribution in [1.82, 2.24) is 4.98 Å². The predicted molar refractivity (Wildman–Crippen MR) is 102 cm³/mol. The lowest BCUT2D eigenvalue weighted by Gasteiger charge is -2.28. The summed E-state index contributed by atoms with van der Waals surface area (Å²) in [5, 5.41) is 1.18. The van der Waals surface area contributed by atoms with E-state index in [4.69, 9.17) is 4.74 Å². The van der Waals surface area contributed by atoms with Gasteiger partial charge >= 0.3 is 0 Å². The Bertz CT molecular complexity index is 800. The van der Waals surface area contributed by atoms with E-state index >= 15 is 0 Å². The first-order chi connectivity index (χ1) is 12.2. The van der Waals surface area contributed by atoms with Gasteiger partial charge in [-0.05, 0) is 43.0 Å². The summed E-state index contributed by atoms with van der Waals surface area (Å²) in [6.07, 6.45) is 3.35. The second kappa shape index (κ2) is 8.06. The van der Waals surface area contributed by atoms with Gasteiger partial charge in [0.05, 0.1) is 12.6 Å². The van der Waals surface area contributed by atoms with Gasteiger partial charge in [0.2, 0.25) is 0 Å². The highest BCUT2D eigenvalue weighted by molar-refractivity contribution is 5.88. The summed E-state index contributed by atoms with van der Waals surface area (Å²) in [4.78, 5) is 5.16. The Hall–Kier alpha value is -2.49. The lowest BCUT2D eigenvalue weighted by atomic mass is 10.1. The number of anilines is 1. The SMILES string of the molecule is CCC(F)N(CCCc1c[nH]c2c(OC)cccc12)c1ccccc1. The second-order valence-electron chi connectivity index (χ2n) is 6.17. The molecule has 0 amide bonds. The van der Waals surface area contributed by atoms with E-state index < -0.39 is 6.30 Å². The molecule has 1 aromatic heterocycles. The van der Waals surface area contributed by atoms with Crippen LogP contribution in [0.5, 0.6) is 5.75 Å². The van der Waals surface area contributed by atoms with Crippen LogP contribution < -0.4 is 9.64 Å². The van der Waals surface area contributed by atoms with Gasteiger partial charge in [-0.25, -0.2) is 4.39 Å². The molecule has 3 rings (SSSR count). The van der Waals surface area contributed by atoms with Crippen molar-refractivity contribution in [2.75, 3.05) is 18.6 Å². The topological polar surface area (TPSA) is 28.3 Å². The van der Waals surface area contributed by atoms with Crippen LogP contribution >= 0.6 is 0 Å². The number of rotatable bonds is 8. The van der Waals surface area contributed by atoms with Gasteiger partial charge < -0.3 is 14.6 Å². The third-order valence-electron chi connectivity index (χ3n) is 4.59. The van der Waals surface area contributed by atoms with E-state index in [1.165, 1.54) is 10.9 Å². The van der Waals surface area contributed by atoms with Crippen molar-refractivity contribution in [2.24, 2.45) is 0 Å². The fourth-order valence-corrected chi connectivity index (χ4v) is 3.27. The number of nitrogens with zero attached hydrogens (tertiary/aromatic N) is 1. The molecule has 4 heteroatoms. The average Bonchev–Trinajstić information content (AvgIpc) is 3.08. The fourth-order valence-electron chi connectivity index (χ4n) is 3.27. The first-order valence-electron chi connectivity index (χ1n) is 8.83. The molecular formula is C21H25FN2O. The van der Waals surface area contributed by atoms with E-state index in [-0.39, 0.29) is 0 Å². The number of halogens is 1. The quantitative estimate of drug-likeness (QED) is 0.562. The van der Waals surface area contributed by atoms with Gasteiger partial charge in [0.1, 0.15) is 5.75 Å². The Morgan fingerprint density at radius 3 is 2.64 bits per heavy atom. The van der Waals surface area contributed by atoms with Gasteiger partial charge in [-0.3, -0.25) is 0 Å². The van der Waals surface area contributed by atoms with Crippen molar-refractivity contribution in [3.8, 4) is 5.75 Å². The van der Waals surface area contributed by atoms with Crippen molar-refractivity contribution < 1.29 is 9.13 Å². The van der Waals surface area contributed by atoms with Crippen LogP contribution in [-0.4, -0.2) is 24.9 Å². The molecule has 2 aromatic carbocycles. The van der Waals surface area contributed by atoms with Crippen LogP contribution in [0.1, 0.15) is 25.3 Å². The minimum Gasteiger partial charge on any atom is -0.495 e. The van der Waals surface area contributed by atoms with E-state index in [2.05, 4.69) is 11.1 Å². The number of H-pyrrole nitrogens is 1. The van der Waals surface area contributed by atoms with E-state index in [0.29, 0.717) is 13.0 Å². The van der Waals surface area contributed by atoms with Gasteiger partial charge in [-0.1, -0.05) is 37.3 Å². The zero-order chi connectivity index (χ0) is 17.6. The number of methoxy groups -OCH3 is 1. The number of hydrogen-bond acceptors (Lipinski definition) is 2. The fraction of sp³-hybridized carbons (Fsp3) is 0.333. The number of aromatic amines is 1. The summed E-state index contributed by atoms with van der Waals surface area (Å²) >= 11 is 0. The molecule has 0 aliphatic heterocycles. The second-order valence-corrected chi connectivity index (χ2v) is 6.17. The van der Waals surface area contributed by atoms with Gasteiger partial charge in [-0.15, -0.1) is 0 Å². The summed E-state index contributed by atoms with van der Waals surface area (Å²) in [6.45, 7) is 2.57. The minimum absolute atomic E-state index is 0.485. The molecule has 3 nitrogen and oxygen atoms in total. The van der Waals surface area contributed by atoms with Crippen LogP contribution in [0.3, 0.4) is 0 Å². The number of hydrogen-bond donors (Lipinski definition) is 1. The van der Waals surface area contributed by atoms with Crippen LogP contribution in [0, 0.1) is 0 Å². The molecule has 0 saturated carbocycles. The molecule has 0 aliphatic carbocycles. The Labute approximate surface area is 148 Å². The number of fused-ring (bicyclic) bond motifs is 1. The molecule has 0 saturated heterocycles. The van der Waals surface area contributed by atoms with Crippen LogP contribution in [0.4, 0.5) is 10.1 Å². The highest BCUT2D eigenvalue weighted by atomic mass is 19.1. The largest absolute Gasteiger partial charge is 0.495 e. The zero-order valence-electron chi connectivity index (χ0n) is 14.8. The van der Waals surface area contributed by atoms with E-state index in [9.17, 15) is 4.39 Å². The van der Waals surface area contributed by atoms with Gasteiger partial charge in [0.15, 0.2) is 6.30 Å². The molecule has 0 bridgehead atoms. The van der Waals surface area contributed by atoms with Crippen LogP contribution in [-0.2, 0) is 6.42 Å². The maximum Gasteiger partial charge on any atom is 0.172 e. The number of para-hydroxylation sites is 2. The predicted octanol–water partition coefficient (Wildman–Crippen LogP) is 5.32. The van der Waals surface area contributed by atoms with E-state index in [0.717, 1.165) is 29.8 Å². The maximum atomic E-state index is 14.4. The van der Waals surface area contributed by atoms with Crippen molar-refractivity contribution >= 4 is 16.6 Å². The average molecular weight is 340 g/mol. The van der Waals surface area contributed by atoms with Crippen molar-refractivity contribution in [3.63, 3.8) is 0 Å². The lowest BCUT2D eigenvalue weighted by Crippen LogP contribution is -2.32. The lowest BCUT2D eigenvalue weighted by molar-refractivity contribution is 0.308. The Kier molecular flexibility index (Phi) is 5.59. The first-order valence-corrected chi connectivity index (χ1v) is 8.83. The van der Waals surface area contributed by atoms with Crippen LogP contribution in [0.2, 0.25) is 0 Å². The van der Waals surface area contributed by atoms with Gasteiger partial charge in [0.25, 0.3) is 0 Å². The molecule has 1 unspecified atom stereocenters. The number of nitrogens with one attached hydrogen (secondary N) is 1. The molecule has 0 spiro atoms. The molecule has 132 valence electrons. The van der Waals surface area contributed by atoms with Crippen LogP contribution in [0.25, 0.3) is 10.9 Å². The number of ether oxygens (including phenoxy) is 1. The molecule has 25 heavy (non-hydrogen) atoms.